The lowest BCUT2D eigenvalue weighted by molar-refractivity contribution is 0.0761. The molecule has 0 radical (unpaired) electrons. The Balaban J connectivity index is 2.06. The lowest BCUT2D eigenvalue weighted by atomic mass is 10.2. The minimum atomic E-state index is 0.0323. The standard InChI is InChI=1S/C15H24N4O2/c1-2-16-14-13(5-3-6-17-14)15(21)19-8-4-7-18(9-10-19)11-12-20/h3,5-6,20H,2,4,7-12H2,1H3,(H,16,17). The van der Waals surface area contributed by atoms with Crippen molar-refractivity contribution in [2.75, 3.05) is 51.2 Å². The molecule has 1 saturated heterocycles. The fourth-order valence-electron chi connectivity index (χ4n) is 2.60. The molecule has 21 heavy (non-hydrogen) atoms. The zero-order valence-electron chi connectivity index (χ0n) is 12.6. The number of amides is 1. The Morgan fingerprint density at radius 2 is 2.24 bits per heavy atom. The summed E-state index contributed by atoms with van der Waals surface area (Å²) in [4.78, 5) is 21.0. The summed E-state index contributed by atoms with van der Waals surface area (Å²) in [7, 11) is 0. The van der Waals surface area contributed by atoms with Crippen LogP contribution in [0.3, 0.4) is 0 Å². The maximum absolute atomic E-state index is 12.7. The third-order valence-corrected chi connectivity index (χ3v) is 3.67. The van der Waals surface area contributed by atoms with Gasteiger partial charge in [0, 0.05) is 38.9 Å². The van der Waals surface area contributed by atoms with Gasteiger partial charge in [-0.1, -0.05) is 0 Å². The van der Waals surface area contributed by atoms with Gasteiger partial charge >= 0.3 is 0 Å². The highest BCUT2D eigenvalue weighted by Crippen LogP contribution is 2.15. The molecule has 1 aromatic heterocycles. The van der Waals surface area contributed by atoms with Crippen molar-refractivity contribution >= 4 is 11.7 Å². The minimum Gasteiger partial charge on any atom is -0.395 e. The van der Waals surface area contributed by atoms with Crippen LogP contribution < -0.4 is 5.32 Å². The minimum absolute atomic E-state index is 0.0323. The molecule has 0 atom stereocenters. The van der Waals surface area contributed by atoms with Crippen LogP contribution in [-0.4, -0.2) is 71.7 Å². The predicted octanol–water partition coefficient (Wildman–Crippen LogP) is 0.654. The van der Waals surface area contributed by atoms with E-state index in [1.165, 1.54) is 0 Å². The molecule has 1 aromatic rings. The summed E-state index contributed by atoms with van der Waals surface area (Å²) in [5.74, 6) is 0.686. The number of aliphatic hydroxyl groups is 1. The molecule has 1 aliphatic heterocycles. The van der Waals surface area contributed by atoms with Gasteiger partial charge in [-0.2, -0.15) is 0 Å². The number of hydrogen-bond donors (Lipinski definition) is 2. The molecule has 6 nitrogen and oxygen atoms in total. The average molecular weight is 292 g/mol. The Kier molecular flexibility index (Phi) is 5.95. The van der Waals surface area contributed by atoms with Crippen molar-refractivity contribution in [3.05, 3.63) is 23.9 Å². The molecule has 116 valence electrons. The molecule has 0 saturated carbocycles. The van der Waals surface area contributed by atoms with E-state index in [4.69, 9.17) is 5.11 Å². The van der Waals surface area contributed by atoms with Gasteiger partial charge in [0.25, 0.3) is 5.91 Å². The molecule has 2 N–H and O–H groups in total. The highest BCUT2D eigenvalue weighted by Gasteiger charge is 2.22. The SMILES string of the molecule is CCNc1ncccc1C(=O)N1CCCN(CCO)CC1. The van der Waals surface area contributed by atoms with Crippen LogP contribution >= 0.6 is 0 Å². The lowest BCUT2D eigenvalue weighted by Gasteiger charge is -2.22. The highest BCUT2D eigenvalue weighted by molar-refractivity contribution is 5.98. The van der Waals surface area contributed by atoms with Crippen molar-refractivity contribution in [3.8, 4) is 0 Å². The molecular formula is C15H24N4O2. The van der Waals surface area contributed by atoms with Crippen LogP contribution in [0.4, 0.5) is 5.82 Å². The second-order valence-corrected chi connectivity index (χ2v) is 5.14. The summed E-state index contributed by atoms with van der Waals surface area (Å²) >= 11 is 0. The number of hydrogen-bond acceptors (Lipinski definition) is 5. The number of anilines is 1. The third kappa shape index (κ3) is 4.15. The second-order valence-electron chi connectivity index (χ2n) is 5.14. The molecule has 1 amide bonds. The van der Waals surface area contributed by atoms with Crippen LogP contribution in [0, 0.1) is 0 Å². The summed E-state index contributed by atoms with van der Waals surface area (Å²) in [5.41, 5.74) is 0.634. The van der Waals surface area contributed by atoms with Crippen LogP contribution in [0.2, 0.25) is 0 Å². The van der Waals surface area contributed by atoms with Gasteiger partial charge in [0.05, 0.1) is 12.2 Å². The fourth-order valence-corrected chi connectivity index (χ4v) is 2.60. The van der Waals surface area contributed by atoms with Crippen molar-refractivity contribution in [2.45, 2.75) is 13.3 Å². The number of β-amino-alcohol motifs (C(OH)–C–C–N with tert-alkyl or cyclic N) is 1. The van der Waals surface area contributed by atoms with Crippen LogP contribution in [0.15, 0.2) is 18.3 Å². The molecule has 6 heteroatoms. The summed E-state index contributed by atoms with van der Waals surface area (Å²) in [5, 5.41) is 12.2. The van der Waals surface area contributed by atoms with E-state index >= 15 is 0 Å². The third-order valence-electron chi connectivity index (χ3n) is 3.67. The molecule has 0 aliphatic carbocycles. The molecule has 0 spiro atoms. The molecule has 2 rings (SSSR count). The first-order chi connectivity index (χ1) is 10.3. The number of rotatable bonds is 5. The summed E-state index contributed by atoms with van der Waals surface area (Å²) in [6, 6.07) is 3.62. The number of nitrogens with one attached hydrogen (secondary N) is 1. The zero-order valence-corrected chi connectivity index (χ0v) is 12.6. The van der Waals surface area contributed by atoms with E-state index < -0.39 is 0 Å². The number of nitrogens with zero attached hydrogens (tertiary/aromatic N) is 3. The first-order valence-corrected chi connectivity index (χ1v) is 7.57. The van der Waals surface area contributed by atoms with Gasteiger partial charge in [0.15, 0.2) is 0 Å². The average Bonchev–Trinajstić information content (AvgIpc) is 2.74. The number of pyridine rings is 1. The Bertz CT molecular complexity index is 467. The Morgan fingerprint density at radius 3 is 3.00 bits per heavy atom. The molecule has 0 aromatic carbocycles. The van der Waals surface area contributed by atoms with Gasteiger partial charge in [-0.3, -0.25) is 9.69 Å². The Morgan fingerprint density at radius 1 is 1.38 bits per heavy atom. The molecule has 1 fully saturated rings. The molecular weight excluding hydrogens is 268 g/mol. The van der Waals surface area contributed by atoms with E-state index in [2.05, 4.69) is 15.2 Å². The zero-order chi connectivity index (χ0) is 15.1. The highest BCUT2D eigenvalue weighted by atomic mass is 16.3. The summed E-state index contributed by atoms with van der Waals surface area (Å²) in [6.45, 7) is 6.75. The Labute approximate surface area is 125 Å². The maximum atomic E-state index is 12.7. The number of aliphatic hydroxyl groups excluding tert-OH is 1. The second kappa shape index (κ2) is 7.95. The van der Waals surface area contributed by atoms with Gasteiger partial charge in [-0.25, -0.2) is 4.98 Å². The van der Waals surface area contributed by atoms with Gasteiger partial charge in [-0.05, 0) is 32.0 Å². The van der Waals surface area contributed by atoms with E-state index in [-0.39, 0.29) is 12.5 Å². The van der Waals surface area contributed by atoms with Crippen molar-refractivity contribution in [3.63, 3.8) is 0 Å². The van der Waals surface area contributed by atoms with Crippen LogP contribution in [0.1, 0.15) is 23.7 Å². The Hall–Kier alpha value is -1.66. The van der Waals surface area contributed by atoms with Gasteiger partial charge < -0.3 is 15.3 Å². The normalized spacial score (nSPS) is 16.6. The quantitative estimate of drug-likeness (QED) is 0.834. The van der Waals surface area contributed by atoms with Gasteiger partial charge in [-0.15, -0.1) is 0 Å². The van der Waals surface area contributed by atoms with E-state index in [0.717, 1.165) is 32.6 Å². The van der Waals surface area contributed by atoms with Crippen LogP contribution in [0.5, 0.6) is 0 Å². The first-order valence-electron chi connectivity index (χ1n) is 7.57. The topological polar surface area (TPSA) is 68.7 Å². The van der Waals surface area contributed by atoms with Crippen molar-refractivity contribution in [2.24, 2.45) is 0 Å². The number of carbonyl (C=O) groups is 1. The predicted molar refractivity (Wildman–Crippen MR) is 82.4 cm³/mol. The largest absolute Gasteiger partial charge is 0.395 e. The van der Waals surface area contributed by atoms with Crippen molar-refractivity contribution in [1.29, 1.82) is 0 Å². The van der Waals surface area contributed by atoms with E-state index in [9.17, 15) is 4.79 Å². The van der Waals surface area contributed by atoms with Crippen LogP contribution in [-0.2, 0) is 0 Å². The smallest absolute Gasteiger partial charge is 0.257 e. The first kappa shape index (κ1) is 15.7. The fraction of sp³-hybridized carbons (Fsp3) is 0.600. The van der Waals surface area contributed by atoms with E-state index in [1.54, 1.807) is 12.3 Å². The van der Waals surface area contributed by atoms with Gasteiger partial charge in [0.1, 0.15) is 5.82 Å². The number of carbonyl (C=O) groups excluding carboxylic acids is 1. The van der Waals surface area contributed by atoms with Crippen LogP contribution in [0.25, 0.3) is 0 Å². The summed E-state index contributed by atoms with van der Waals surface area (Å²) in [6.07, 6.45) is 2.63. The van der Waals surface area contributed by atoms with Crippen molar-refractivity contribution < 1.29 is 9.90 Å². The molecule has 2 heterocycles. The lowest BCUT2D eigenvalue weighted by Crippen LogP contribution is -2.36. The molecule has 0 bridgehead atoms. The maximum Gasteiger partial charge on any atom is 0.257 e. The van der Waals surface area contributed by atoms with Crippen molar-refractivity contribution in [1.82, 2.24) is 14.8 Å². The molecule has 1 aliphatic rings. The van der Waals surface area contributed by atoms with Gasteiger partial charge in [0.2, 0.25) is 0 Å². The van der Waals surface area contributed by atoms with E-state index in [0.29, 0.717) is 24.5 Å². The monoisotopic (exact) mass is 292 g/mol. The molecule has 0 unspecified atom stereocenters. The summed E-state index contributed by atoms with van der Waals surface area (Å²) < 4.78 is 0. The van der Waals surface area contributed by atoms with E-state index in [1.807, 2.05) is 17.9 Å². The number of aromatic nitrogens is 1.